The lowest BCUT2D eigenvalue weighted by atomic mass is 9.88. The van der Waals surface area contributed by atoms with E-state index < -0.39 is 5.97 Å². The first-order valence-electron chi connectivity index (χ1n) is 12.1. The molecule has 0 saturated heterocycles. The van der Waals surface area contributed by atoms with Crippen molar-refractivity contribution in [3.05, 3.63) is 92.5 Å². The Bertz CT molecular complexity index is 1580. The molecule has 0 spiro atoms. The lowest BCUT2D eigenvalue weighted by molar-refractivity contribution is 0.0657. The summed E-state index contributed by atoms with van der Waals surface area (Å²) in [4.78, 5) is 36.5. The van der Waals surface area contributed by atoms with Crippen molar-refractivity contribution >= 4 is 45.5 Å². The Labute approximate surface area is 232 Å². The minimum atomic E-state index is -0.958. The van der Waals surface area contributed by atoms with Crippen LogP contribution in [-0.2, 0) is 12.8 Å². The van der Waals surface area contributed by atoms with Gasteiger partial charge in [0.05, 0.1) is 20.3 Å². The molecule has 1 aliphatic rings. The van der Waals surface area contributed by atoms with Gasteiger partial charge in [-0.05, 0) is 47.7 Å². The van der Waals surface area contributed by atoms with Crippen LogP contribution in [0.1, 0.15) is 42.3 Å². The Morgan fingerprint density at radius 2 is 1.74 bits per heavy atom. The van der Waals surface area contributed by atoms with Gasteiger partial charge in [-0.1, -0.05) is 18.2 Å². The monoisotopic (exact) mass is 562 g/mol. The molecule has 0 aliphatic carbocycles. The van der Waals surface area contributed by atoms with E-state index in [0.717, 1.165) is 28.8 Å². The second-order valence-corrected chi connectivity index (χ2v) is 10.5. The number of amides is 1. The number of carboxylic acid groups (broad SMARTS) is 1. The molecule has 1 atom stereocenters. The van der Waals surface area contributed by atoms with Gasteiger partial charge in [0.2, 0.25) is 5.01 Å². The summed E-state index contributed by atoms with van der Waals surface area (Å²) in [5.41, 5.74) is 4.56. The van der Waals surface area contributed by atoms with Crippen molar-refractivity contribution < 1.29 is 24.2 Å². The van der Waals surface area contributed by atoms with E-state index in [2.05, 4.69) is 27.1 Å². The Balaban J connectivity index is 0.000000332. The number of thiazole rings is 2. The van der Waals surface area contributed by atoms with Crippen molar-refractivity contribution in [2.75, 3.05) is 20.8 Å². The molecule has 4 heterocycles. The molecular weight excluding hydrogens is 536 g/mol. The van der Waals surface area contributed by atoms with E-state index in [1.165, 1.54) is 34.0 Å². The second kappa shape index (κ2) is 11.7. The summed E-state index contributed by atoms with van der Waals surface area (Å²) in [5.74, 6) is 0.404. The highest BCUT2D eigenvalue weighted by Crippen LogP contribution is 2.40. The van der Waals surface area contributed by atoms with E-state index in [1.807, 2.05) is 40.7 Å². The molecule has 11 heteroatoms. The summed E-state index contributed by atoms with van der Waals surface area (Å²) in [6.07, 6.45) is 6.65. The first-order valence-corrected chi connectivity index (χ1v) is 13.9. The van der Waals surface area contributed by atoms with Gasteiger partial charge in [0, 0.05) is 46.8 Å². The molecule has 2 N–H and O–H groups in total. The Hall–Kier alpha value is -4.22. The predicted molar refractivity (Wildman–Crippen MR) is 150 cm³/mol. The van der Waals surface area contributed by atoms with Gasteiger partial charge in [0.1, 0.15) is 0 Å². The number of aromatic nitrogens is 3. The Morgan fingerprint density at radius 1 is 1.05 bits per heavy atom. The van der Waals surface area contributed by atoms with Crippen LogP contribution >= 0.6 is 22.7 Å². The summed E-state index contributed by atoms with van der Waals surface area (Å²) < 4.78 is 11.1. The van der Waals surface area contributed by atoms with Crippen molar-refractivity contribution in [1.29, 1.82) is 0 Å². The fourth-order valence-corrected chi connectivity index (χ4v) is 5.84. The molecule has 5 aromatic rings. The maximum absolute atomic E-state index is 13.4. The van der Waals surface area contributed by atoms with E-state index in [4.69, 9.17) is 14.6 Å². The zero-order chi connectivity index (χ0) is 27.4. The molecule has 6 rings (SSSR count). The fourth-order valence-electron chi connectivity index (χ4n) is 4.78. The summed E-state index contributed by atoms with van der Waals surface area (Å²) in [7, 11) is 3.29. The number of H-pyrrole nitrogens is 1. The number of carbonyl (C=O) groups excluding carboxylic acids is 1. The number of rotatable bonds is 6. The molecule has 2 aromatic carbocycles. The number of para-hydroxylation sites is 1. The molecule has 9 nitrogen and oxygen atoms in total. The van der Waals surface area contributed by atoms with Crippen molar-refractivity contribution in [3.63, 3.8) is 0 Å². The smallest absolute Gasteiger partial charge is 0.364 e. The highest BCUT2D eigenvalue weighted by atomic mass is 32.1. The number of ether oxygens (including phenoxy) is 2. The molecule has 39 heavy (non-hydrogen) atoms. The predicted octanol–water partition coefficient (Wildman–Crippen LogP) is 5.47. The van der Waals surface area contributed by atoms with Crippen LogP contribution in [0.2, 0.25) is 0 Å². The molecule has 0 fully saturated rings. The summed E-state index contributed by atoms with van der Waals surface area (Å²) in [5, 5.41) is 13.5. The third-order valence-electron chi connectivity index (χ3n) is 6.58. The van der Waals surface area contributed by atoms with E-state index >= 15 is 0 Å². The third kappa shape index (κ3) is 5.50. The minimum Gasteiger partial charge on any atom is -0.493 e. The molecule has 0 radical (unpaired) electrons. The Kier molecular flexibility index (Phi) is 7.89. The molecule has 1 unspecified atom stereocenters. The topological polar surface area (TPSA) is 118 Å². The highest BCUT2D eigenvalue weighted by Gasteiger charge is 2.34. The number of hydrogen-bond acceptors (Lipinski definition) is 8. The van der Waals surface area contributed by atoms with Gasteiger partial charge in [-0.2, -0.15) is 0 Å². The molecule has 3 aromatic heterocycles. The van der Waals surface area contributed by atoms with Crippen LogP contribution in [0, 0.1) is 0 Å². The first-order chi connectivity index (χ1) is 19.0. The SMILES string of the molecule is COc1cc2c(cc1OC)C(Cc1c[nH]c3ccccc13)N(C(=O)c1nccs1)CC2.O=C(O)c1nccs1. The van der Waals surface area contributed by atoms with Crippen LogP contribution in [0.5, 0.6) is 11.5 Å². The number of nitrogens with zero attached hydrogens (tertiary/aromatic N) is 3. The van der Waals surface area contributed by atoms with Gasteiger partial charge in [0.25, 0.3) is 5.91 Å². The summed E-state index contributed by atoms with van der Waals surface area (Å²) in [6.45, 7) is 0.633. The molecule has 0 bridgehead atoms. The number of hydrogen-bond donors (Lipinski definition) is 2. The normalized spacial score (nSPS) is 14.3. The van der Waals surface area contributed by atoms with Crippen molar-refractivity contribution in [1.82, 2.24) is 19.9 Å². The average molecular weight is 563 g/mol. The van der Waals surface area contributed by atoms with E-state index in [1.54, 1.807) is 25.8 Å². The van der Waals surface area contributed by atoms with Crippen molar-refractivity contribution in [3.8, 4) is 11.5 Å². The minimum absolute atomic E-state index is 0.0275. The molecule has 0 saturated carbocycles. The fraction of sp³-hybridized carbons (Fsp3) is 0.214. The first kappa shape index (κ1) is 26.4. The number of carboxylic acids is 1. The molecular formula is C28H26N4O5S2. The van der Waals surface area contributed by atoms with Crippen molar-refractivity contribution in [2.24, 2.45) is 0 Å². The maximum atomic E-state index is 13.4. The molecule has 1 aliphatic heterocycles. The summed E-state index contributed by atoms with van der Waals surface area (Å²) >= 11 is 2.50. The number of nitrogens with one attached hydrogen (secondary N) is 1. The van der Waals surface area contributed by atoms with Gasteiger partial charge in [-0.15, -0.1) is 22.7 Å². The van der Waals surface area contributed by atoms with E-state index in [-0.39, 0.29) is 17.0 Å². The quantitative estimate of drug-likeness (QED) is 0.282. The van der Waals surface area contributed by atoms with Gasteiger partial charge in [-0.25, -0.2) is 14.8 Å². The number of fused-ring (bicyclic) bond motifs is 2. The number of benzene rings is 2. The van der Waals surface area contributed by atoms with Crippen LogP contribution < -0.4 is 9.47 Å². The zero-order valence-corrected chi connectivity index (χ0v) is 22.9. The second-order valence-electron chi connectivity index (χ2n) is 8.71. The number of methoxy groups -OCH3 is 2. The zero-order valence-electron chi connectivity index (χ0n) is 21.3. The number of carbonyl (C=O) groups is 2. The van der Waals surface area contributed by atoms with E-state index in [9.17, 15) is 9.59 Å². The van der Waals surface area contributed by atoms with Gasteiger partial charge >= 0.3 is 5.97 Å². The lowest BCUT2D eigenvalue weighted by Crippen LogP contribution is -2.41. The van der Waals surface area contributed by atoms with Crippen LogP contribution in [0.15, 0.2) is 65.7 Å². The van der Waals surface area contributed by atoms with Crippen LogP contribution in [0.3, 0.4) is 0 Å². The number of aromatic carboxylic acids is 1. The standard InChI is InChI=1S/C24H23N3O3S.C4H3NO2S/c1-29-21-12-15-7-9-27(24(28)23-25-8-10-31-23)20(18(15)13-22(21)30-2)11-16-14-26-19-6-4-3-5-17(16)19;6-4(7)3-5-1-2-8-3/h3-6,8,10,12-14,20,26H,7,9,11H2,1-2H3;1-2H,(H,6,7). The molecule has 200 valence electrons. The average Bonchev–Trinajstić information content (AvgIpc) is 3.75. The van der Waals surface area contributed by atoms with Crippen LogP contribution in [0.25, 0.3) is 10.9 Å². The lowest BCUT2D eigenvalue weighted by Gasteiger charge is -2.37. The maximum Gasteiger partial charge on any atom is 0.364 e. The van der Waals surface area contributed by atoms with E-state index in [0.29, 0.717) is 29.5 Å². The van der Waals surface area contributed by atoms with Crippen LogP contribution in [-0.4, -0.2) is 57.6 Å². The van der Waals surface area contributed by atoms with Gasteiger partial charge in [-0.3, -0.25) is 4.79 Å². The molecule has 1 amide bonds. The highest BCUT2D eigenvalue weighted by molar-refractivity contribution is 7.11. The van der Waals surface area contributed by atoms with Crippen molar-refractivity contribution in [2.45, 2.75) is 18.9 Å². The van der Waals surface area contributed by atoms with Crippen LogP contribution in [0.4, 0.5) is 0 Å². The third-order valence-corrected chi connectivity index (χ3v) is 8.10. The van der Waals surface area contributed by atoms with Gasteiger partial charge in [0.15, 0.2) is 16.5 Å². The van der Waals surface area contributed by atoms with Gasteiger partial charge < -0.3 is 24.5 Å². The summed E-state index contributed by atoms with van der Waals surface area (Å²) in [6, 6.07) is 12.2. The Morgan fingerprint density at radius 3 is 2.38 bits per heavy atom. The largest absolute Gasteiger partial charge is 0.493 e. The number of aromatic amines is 1.